The number of hydrogen-bond donors (Lipinski definition) is 0. The van der Waals surface area contributed by atoms with Crippen LogP contribution in [-0.4, -0.2) is 46.9 Å². The Labute approximate surface area is 137 Å². The molecule has 2 atom stereocenters. The van der Waals surface area contributed by atoms with Gasteiger partial charge in [0.25, 0.3) is 0 Å². The molecule has 0 radical (unpaired) electrons. The van der Waals surface area contributed by atoms with Gasteiger partial charge in [-0.3, -0.25) is 9.88 Å². The SMILES string of the molecule is Cc1ccnc(C2=CC3COCC(C2)N3C(=O)OC(C)(C)C)c1. The molecule has 1 aromatic heterocycles. The molecule has 2 aliphatic rings. The highest BCUT2D eigenvalue weighted by Gasteiger charge is 2.40. The van der Waals surface area contributed by atoms with Gasteiger partial charge in [-0.2, -0.15) is 0 Å². The second-order valence-corrected chi connectivity index (χ2v) is 7.26. The van der Waals surface area contributed by atoms with E-state index in [9.17, 15) is 4.79 Å². The van der Waals surface area contributed by atoms with Crippen LogP contribution >= 0.6 is 0 Å². The van der Waals surface area contributed by atoms with E-state index in [1.165, 1.54) is 11.1 Å². The van der Waals surface area contributed by atoms with E-state index in [1.54, 1.807) is 0 Å². The summed E-state index contributed by atoms with van der Waals surface area (Å²) in [4.78, 5) is 18.8. The van der Waals surface area contributed by atoms with Gasteiger partial charge < -0.3 is 9.47 Å². The van der Waals surface area contributed by atoms with Crippen molar-refractivity contribution < 1.29 is 14.3 Å². The average molecular weight is 316 g/mol. The summed E-state index contributed by atoms with van der Waals surface area (Å²) in [5.74, 6) is 0. The van der Waals surface area contributed by atoms with E-state index in [0.29, 0.717) is 13.2 Å². The lowest BCUT2D eigenvalue weighted by Gasteiger charge is -2.44. The first-order valence-corrected chi connectivity index (χ1v) is 8.06. The molecule has 3 rings (SSSR count). The number of aromatic nitrogens is 1. The second-order valence-electron chi connectivity index (χ2n) is 7.26. The molecular formula is C18H24N2O3. The van der Waals surface area contributed by atoms with Crippen molar-refractivity contribution in [2.24, 2.45) is 0 Å². The predicted octanol–water partition coefficient (Wildman–Crippen LogP) is 3.18. The van der Waals surface area contributed by atoms with E-state index < -0.39 is 5.60 Å². The molecule has 0 aromatic carbocycles. The molecule has 2 aliphatic heterocycles. The first-order chi connectivity index (χ1) is 10.8. The first-order valence-electron chi connectivity index (χ1n) is 8.06. The number of fused-ring (bicyclic) bond motifs is 2. The van der Waals surface area contributed by atoms with E-state index >= 15 is 0 Å². The van der Waals surface area contributed by atoms with Crippen LogP contribution in [0.4, 0.5) is 4.79 Å². The number of ether oxygens (including phenoxy) is 2. The van der Waals surface area contributed by atoms with Gasteiger partial charge in [0.05, 0.1) is 31.0 Å². The van der Waals surface area contributed by atoms with E-state index in [-0.39, 0.29) is 18.2 Å². The number of nitrogens with zero attached hydrogens (tertiary/aromatic N) is 2. The van der Waals surface area contributed by atoms with Crippen molar-refractivity contribution in [3.8, 4) is 0 Å². The van der Waals surface area contributed by atoms with E-state index in [2.05, 4.69) is 24.1 Å². The Morgan fingerprint density at radius 1 is 1.39 bits per heavy atom. The lowest BCUT2D eigenvalue weighted by Crippen LogP contribution is -2.57. The van der Waals surface area contributed by atoms with Crippen LogP contribution in [0.15, 0.2) is 24.4 Å². The highest BCUT2D eigenvalue weighted by atomic mass is 16.6. The maximum atomic E-state index is 12.5. The molecule has 2 bridgehead atoms. The Hall–Kier alpha value is -1.88. The first kappa shape index (κ1) is 16.0. The number of pyridine rings is 1. The minimum Gasteiger partial charge on any atom is -0.444 e. The van der Waals surface area contributed by atoms with Gasteiger partial charge in [0.2, 0.25) is 0 Å². The summed E-state index contributed by atoms with van der Waals surface area (Å²) in [7, 11) is 0. The van der Waals surface area contributed by atoms with Crippen LogP contribution in [-0.2, 0) is 9.47 Å². The Kier molecular flexibility index (Phi) is 4.15. The van der Waals surface area contributed by atoms with Gasteiger partial charge in [0.1, 0.15) is 5.60 Å². The standard InChI is InChI=1S/C18H24N2O3/c1-12-5-6-19-16(7-12)13-8-14-10-22-11-15(9-13)20(14)17(21)23-18(2,3)4/h5-8,14-15H,9-11H2,1-4H3. The molecule has 23 heavy (non-hydrogen) atoms. The summed E-state index contributed by atoms with van der Waals surface area (Å²) in [6, 6.07) is 4.00. The van der Waals surface area contributed by atoms with E-state index in [4.69, 9.17) is 9.47 Å². The van der Waals surface area contributed by atoms with Gasteiger partial charge in [-0.25, -0.2) is 4.79 Å². The Morgan fingerprint density at radius 3 is 2.83 bits per heavy atom. The number of amides is 1. The quantitative estimate of drug-likeness (QED) is 0.798. The molecule has 1 saturated heterocycles. The van der Waals surface area contributed by atoms with Gasteiger partial charge in [0.15, 0.2) is 0 Å². The summed E-state index contributed by atoms with van der Waals surface area (Å²) < 4.78 is 11.2. The fourth-order valence-corrected chi connectivity index (χ4v) is 3.10. The molecule has 0 N–H and O–H groups in total. The van der Waals surface area contributed by atoms with Crippen LogP contribution in [0.25, 0.3) is 5.57 Å². The van der Waals surface area contributed by atoms with Crippen LogP contribution in [0.1, 0.15) is 38.4 Å². The largest absolute Gasteiger partial charge is 0.444 e. The van der Waals surface area contributed by atoms with Gasteiger partial charge in [-0.15, -0.1) is 0 Å². The van der Waals surface area contributed by atoms with Crippen molar-refractivity contribution >= 4 is 11.7 Å². The van der Waals surface area contributed by atoms with Crippen molar-refractivity contribution in [1.82, 2.24) is 9.88 Å². The summed E-state index contributed by atoms with van der Waals surface area (Å²) in [5.41, 5.74) is 2.87. The molecule has 5 heteroatoms. The summed E-state index contributed by atoms with van der Waals surface area (Å²) in [6.45, 7) is 8.77. The molecule has 1 amide bonds. The zero-order valence-electron chi connectivity index (χ0n) is 14.2. The number of carbonyl (C=O) groups excluding carboxylic acids is 1. The van der Waals surface area contributed by atoms with Crippen molar-refractivity contribution in [2.75, 3.05) is 13.2 Å². The minimum absolute atomic E-state index is 0.00547. The molecule has 124 valence electrons. The lowest BCUT2D eigenvalue weighted by atomic mass is 9.92. The summed E-state index contributed by atoms with van der Waals surface area (Å²) in [6.07, 6.45) is 4.41. The molecule has 0 spiro atoms. The third-order valence-corrected chi connectivity index (χ3v) is 4.05. The Bertz CT molecular complexity index is 633. The third-order valence-electron chi connectivity index (χ3n) is 4.05. The highest BCUT2D eigenvalue weighted by Crippen LogP contribution is 2.33. The lowest BCUT2D eigenvalue weighted by molar-refractivity contribution is -0.0511. The van der Waals surface area contributed by atoms with Crippen LogP contribution in [0.5, 0.6) is 0 Å². The topological polar surface area (TPSA) is 51.7 Å². The maximum absolute atomic E-state index is 12.5. The monoisotopic (exact) mass is 316 g/mol. The van der Waals surface area contributed by atoms with Crippen molar-refractivity contribution in [3.63, 3.8) is 0 Å². The molecule has 1 aromatic rings. The zero-order chi connectivity index (χ0) is 16.6. The maximum Gasteiger partial charge on any atom is 0.411 e. The fourth-order valence-electron chi connectivity index (χ4n) is 3.10. The van der Waals surface area contributed by atoms with Crippen LogP contribution < -0.4 is 0 Å². The molecule has 5 nitrogen and oxygen atoms in total. The second kappa shape index (κ2) is 5.96. The van der Waals surface area contributed by atoms with Crippen molar-refractivity contribution in [1.29, 1.82) is 0 Å². The van der Waals surface area contributed by atoms with Crippen molar-refractivity contribution in [2.45, 2.75) is 51.8 Å². The number of morpholine rings is 1. The summed E-state index contributed by atoms with van der Waals surface area (Å²) in [5, 5.41) is 0. The number of carbonyl (C=O) groups is 1. The number of rotatable bonds is 1. The molecule has 0 aliphatic carbocycles. The number of aryl methyl sites for hydroxylation is 1. The predicted molar refractivity (Wildman–Crippen MR) is 88.0 cm³/mol. The number of hydrogen-bond acceptors (Lipinski definition) is 4. The molecule has 1 fully saturated rings. The van der Waals surface area contributed by atoms with Crippen LogP contribution in [0, 0.1) is 6.92 Å². The normalized spacial score (nSPS) is 24.2. The van der Waals surface area contributed by atoms with E-state index in [0.717, 1.165) is 12.1 Å². The van der Waals surface area contributed by atoms with Crippen molar-refractivity contribution in [3.05, 3.63) is 35.7 Å². The van der Waals surface area contributed by atoms with Crippen LogP contribution in [0.3, 0.4) is 0 Å². The average Bonchev–Trinajstić information content (AvgIpc) is 2.44. The van der Waals surface area contributed by atoms with Gasteiger partial charge in [0, 0.05) is 6.20 Å². The Morgan fingerprint density at radius 2 is 2.17 bits per heavy atom. The highest BCUT2D eigenvalue weighted by molar-refractivity contribution is 5.74. The van der Waals surface area contributed by atoms with Gasteiger partial charge >= 0.3 is 6.09 Å². The Balaban J connectivity index is 1.86. The third kappa shape index (κ3) is 3.55. The molecule has 3 heterocycles. The van der Waals surface area contributed by atoms with Gasteiger partial charge in [-0.1, -0.05) is 6.08 Å². The van der Waals surface area contributed by atoms with Crippen LogP contribution in [0.2, 0.25) is 0 Å². The minimum atomic E-state index is -0.492. The molecule has 0 saturated carbocycles. The zero-order valence-corrected chi connectivity index (χ0v) is 14.2. The summed E-state index contributed by atoms with van der Waals surface area (Å²) >= 11 is 0. The molecular weight excluding hydrogens is 292 g/mol. The van der Waals surface area contributed by atoms with E-state index in [1.807, 2.05) is 37.9 Å². The molecule has 2 unspecified atom stereocenters. The fraction of sp³-hybridized carbons (Fsp3) is 0.556. The smallest absolute Gasteiger partial charge is 0.411 e. The van der Waals surface area contributed by atoms with Gasteiger partial charge in [-0.05, 0) is 57.4 Å².